The summed E-state index contributed by atoms with van der Waals surface area (Å²) in [6, 6.07) is 0. The number of nitrogens with one attached hydrogen (secondary N) is 1. The monoisotopic (exact) mass is 296 g/mol. The van der Waals surface area contributed by atoms with Crippen LogP contribution in [-0.4, -0.2) is 49.9 Å². The van der Waals surface area contributed by atoms with E-state index in [1.165, 1.54) is 6.92 Å². The van der Waals surface area contributed by atoms with E-state index in [1.807, 2.05) is 0 Å². The van der Waals surface area contributed by atoms with Crippen LogP contribution in [0, 0.1) is 5.92 Å². The average Bonchev–Trinajstić information content (AvgIpc) is 2.34. The topological polar surface area (TPSA) is 66.5 Å². The van der Waals surface area contributed by atoms with Crippen LogP contribution in [0.4, 0.5) is 0 Å². The minimum Gasteiger partial charge on any atom is -0.356 e. The van der Waals surface area contributed by atoms with Gasteiger partial charge in [0.25, 0.3) is 0 Å². The Morgan fingerprint density at radius 2 is 2.00 bits per heavy atom. The van der Waals surface area contributed by atoms with Crippen molar-refractivity contribution >= 4 is 27.5 Å². The molecular weight excluding hydrogens is 276 g/mol. The first-order valence-electron chi connectivity index (χ1n) is 6.24. The van der Waals surface area contributed by atoms with Gasteiger partial charge in [0.1, 0.15) is 0 Å². The van der Waals surface area contributed by atoms with Crippen LogP contribution in [0.3, 0.4) is 0 Å². The maximum absolute atomic E-state index is 11.9. The van der Waals surface area contributed by atoms with Crippen LogP contribution in [0.5, 0.6) is 0 Å². The smallest absolute Gasteiger partial charge is 0.216 e. The lowest BCUT2D eigenvalue weighted by Gasteiger charge is -2.31. The quantitative estimate of drug-likeness (QED) is 0.737. The summed E-state index contributed by atoms with van der Waals surface area (Å²) in [5, 5.41) is 2.78. The molecule has 106 valence electrons. The van der Waals surface area contributed by atoms with Gasteiger partial charge >= 0.3 is 0 Å². The van der Waals surface area contributed by atoms with E-state index in [-0.39, 0.29) is 11.7 Å². The molecule has 0 bridgehead atoms. The first kappa shape index (κ1) is 15.7. The Labute approximate surface area is 114 Å². The van der Waals surface area contributed by atoms with Crippen molar-refractivity contribution in [1.82, 2.24) is 9.62 Å². The molecule has 0 saturated carbocycles. The lowest BCUT2D eigenvalue weighted by molar-refractivity contribution is -0.119. The first-order valence-corrected chi connectivity index (χ1v) is 8.38. The van der Waals surface area contributed by atoms with Crippen LogP contribution >= 0.6 is 11.6 Å². The summed E-state index contributed by atoms with van der Waals surface area (Å²) in [4.78, 5) is 10.8. The molecule has 5 nitrogen and oxygen atoms in total. The van der Waals surface area contributed by atoms with Crippen molar-refractivity contribution in [2.75, 3.05) is 31.3 Å². The van der Waals surface area contributed by atoms with Gasteiger partial charge in [0.2, 0.25) is 15.9 Å². The van der Waals surface area contributed by atoms with Gasteiger partial charge in [-0.3, -0.25) is 4.79 Å². The van der Waals surface area contributed by atoms with Gasteiger partial charge in [0.15, 0.2) is 0 Å². The molecule has 0 radical (unpaired) electrons. The zero-order valence-electron chi connectivity index (χ0n) is 10.7. The Balaban J connectivity index is 2.36. The Morgan fingerprint density at radius 3 is 2.50 bits per heavy atom. The number of carbonyl (C=O) groups excluding carboxylic acids is 1. The lowest BCUT2D eigenvalue weighted by Crippen LogP contribution is -2.42. The van der Waals surface area contributed by atoms with Gasteiger partial charge < -0.3 is 5.32 Å². The summed E-state index contributed by atoms with van der Waals surface area (Å²) in [7, 11) is -3.14. The molecular formula is C11H21ClN2O3S. The predicted octanol–water partition coefficient (Wildman–Crippen LogP) is 0.793. The molecule has 0 unspecified atom stereocenters. The summed E-state index contributed by atoms with van der Waals surface area (Å²) in [6.45, 7) is 3.24. The molecule has 0 aromatic heterocycles. The zero-order valence-corrected chi connectivity index (χ0v) is 12.3. The second kappa shape index (κ2) is 7.31. The maximum atomic E-state index is 11.9. The fourth-order valence-corrected chi connectivity index (χ4v) is 3.87. The van der Waals surface area contributed by atoms with E-state index >= 15 is 0 Å². The zero-order chi connectivity index (χ0) is 13.6. The van der Waals surface area contributed by atoms with Crippen LogP contribution in [0.1, 0.15) is 26.2 Å². The number of piperidine rings is 1. The highest BCUT2D eigenvalue weighted by Gasteiger charge is 2.27. The van der Waals surface area contributed by atoms with Crippen molar-refractivity contribution in [1.29, 1.82) is 0 Å². The van der Waals surface area contributed by atoms with E-state index in [0.29, 0.717) is 37.9 Å². The minimum absolute atomic E-state index is 0.0350. The van der Waals surface area contributed by atoms with Crippen LogP contribution in [-0.2, 0) is 14.8 Å². The Hall–Kier alpha value is -0.330. The summed E-state index contributed by atoms with van der Waals surface area (Å²) in [5.41, 5.74) is 0. The average molecular weight is 297 g/mol. The molecule has 7 heteroatoms. The van der Waals surface area contributed by atoms with Crippen molar-refractivity contribution in [3.05, 3.63) is 0 Å². The maximum Gasteiger partial charge on any atom is 0.216 e. The first-order chi connectivity index (χ1) is 8.45. The SMILES string of the molecule is CC(=O)NCC1CCN(S(=O)(=O)CCCCl)CC1. The van der Waals surface area contributed by atoms with Gasteiger partial charge in [0, 0.05) is 32.4 Å². The van der Waals surface area contributed by atoms with Crippen molar-refractivity contribution in [3.63, 3.8) is 0 Å². The number of alkyl halides is 1. The van der Waals surface area contributed by atoms with Gasteiger partial charge in [-0.1, -0.05) is 0 Å². The molecule has 0 aromatic carbocycles. The van der Waals surface area contributed by atoms with Gasteiger partial charge in [-0.25, -0.2) is 12.7 Å². The highest BCUT2D eigenvalue weighted by molar-refractivity contribution is 7.89. The van der Waals surface area contributed by atoms with E-state index in [2.05, 4.69) is 5.32 Å². The summed E-state index contributed by atoms with van der Waals surface area (Å²) < 4.78 is 25.4. The number of halogens is 1. The standard InChI is InChI=1S/C11H21ClN2O3S/c1-10(15)13-9-11-3-6-14(7-4-11)18(16,17)8-2-5-12/h11H,2-9H2,1H3,(H,13,15). The second-order valence-electron chi connectivity index (χ2n) is 4.64. The van der Waals surface area contributed by atoms with Crippen molar-refractivity contribution in [2.24, 2.45) is 5.92 Å². The van der Waals surface area contributed by atoms with E-state index in [9.17, 15) is 13.2 Å². The summed E-state index contributed by atoms with van der Waals surface area (Å²) >= 11 is 5.52. The van der Waals surface area contributed by atoms with E-state index in [1.54, 1.807) is 4.31 Å². The number of amides is 1. The lowest BCUT2D eigenvalue weighted by atomic mass is 9.98. The van der Waals surface area contributed by atoms with Crippen LogP contribution < -0.4 is 5.32 Å². The molecule has 1 rings (SSSR count). The third-order valence-corrected chi connectivity index (χ3v) is 5.37. The van der Waals surface area contributed by atoms with Gasteiger partial charge in [-0.15, -0.1) is 11.6 Å². The molecule has 0 aromatic rings. The Kier molecular flexibility index (Phi) is 6.38. The van der Waals surface area contributed by atoms with Crippen LogP contribution in [0.15, 0.2) is 0 Å². The number of nitrogens with zero attached hydrogens (tertiary/aromatic N) is 1. The van der Waals surface area contributed by atoms with Crippen molar-refractivity contribution in [3.8, 4) is 0 Å². The Bertz CT molecular complexity index is 364. The molecule has 1 N–H and O–H groups in total. The molecule has 0 atom stereocenters. The van der Waals surface area contributed by atoms with Gasteiger partial charge in [0.05, 0.1) is 5.75 Å². The third-order valence-electron chi connectivity index (χ3n) is 3.14. The normalized spacial score (nSPS) is 18.8. The van der Waals surface area contributed by atoms with Crippen molar-refractivity contribution in [2.45, 2.75) is 26.2 Å². The molecule has 1 amide bonds. The molecule has 1 aliphatic heterocycles. The minimum atomic E-state index is -3.14. The molecule has 1 heterocycles. The van der Waals surface area contributed by atoms with E-state index < -0.39 is 10.0 Å². The number of rotatable bonds is 6. The van der Waals surface area contributed by atoms with Gasteiger partial charge in [-0.05, 0) is 25.2 Å². The molecule has 1 saturated heterocycles. The van der Waals surface area contributed by atoms with Crippen LogP contribution in [0.25, 0.3) is 0 Å². The fraction of sp³-hybridized carbons (Fsp3) is 0.909. The summed E-state index contributed by atoms with van der Waals surface area (Å²) in [5.74, 6) is 0.853. The number of sulfonamides is 1. The van der Waals surface area contributed by atoms with Crippen molar-refractivity contribution < 1.29 is 13.2 Å². The third kappa shape index (κ3) is 5.12. The Morgan fingerprint density at radius 1 is 1.39 bits per heavy atom. The van der Waals surface area contributed by atoms with Crippen LogP contribution in [0.2, 0.25) is 0 Å². The number of carbonyl (C=O) groups is 1. The molecule has 1 fully saturated rings. The molecule has 0 aliphatic carbocycles. The molecule has 18 heavy (non-hydrogen) atoms. The summed E-state index contributed by atoms with van der Waals surface area (Å²) in [6.07, 6.45) is 2.11. The highest BCUT2D eigenvalue weighted by atomic mass is 35.5. The molecule has 0 spiro atoms. The van der Waals surface area contributed by atoms with Gasteiger partial charge in [-0.2, -0.15) is 0 Å². The number of hydrogen-bond donors (Lipinski definition) is 1. The highest BCUT2D eigenvalue weighted by Crippen LogP contribution is 2.19. The second-order valence-corrected chi connectivity index (χ2v) is 7.10. The fourth-order valence-electron chi connectivity index (χ4n) is 2.05. The largest absolute Gasteiger partial charge is 0.356 e. The number of hydrogen-bond acceptors (Lipinski definition) is 3. The molecule has 1 aliphatic rings. The van der Waals surface area contributed by atoms with E-state index in [4.69, 9.17) is 11.6 Å². The predicted molar refractivity (Wildman–Crippen MR) is 72.1 cm³/mol. The van der Waals surface area contributed by atoms with E-state index in [0.717, 1.165) is 12.8 Å².